The summed E-state index contributed by atoms with van der Waals surface area (Å²) in [5.74, 6) is -0.697. The van der Waals surface area contributed by atoms with E-state index in [1.54, 1.807) is 0 Å². The quantitative estimate of drug-likeness (QED) is 0.495. The second-order valence-corrected chi connectivity index (χ2v) is 9.41. The first kappa shape index (κ1) is 24.5. The van der Waals surface area contributed by atoms with Crippen molar-refractivity contribution < 1.29 is 24.2 Å². The number of carbonyl (C=O) groups is 3. The third-order valence-corrected chi connectivity index (χ3v) is 7.02. The summed E-state index contributed by atoms with van der Waals surface area (Å²) in [5.41, 5.74) is 4.74. The number of carboxylic acid groups (broad SMARTS) is 1. The van der Waals surface area contributed by atoms with Gasteiger partial charge in [0, 0.05) is 25.4 Å². The zero-order valence-electron chi connectivity index (χ0n) is 19.8. The lowest BCUT2D eigenvalue weighted by Gasteiger charge is -2.21. The molecule has 2 unspecified atom stereocenters. The van der Waals surface area contributed by atoms with E-state index in [0.29, 0.717) is 13.0 Å². The molecule has 2 atom stereocenters. The van der Waals surface area contributed by atoms with Gasteiger partial charge < -0.3 is 20.1 Å². The summed E-state index contributed by atoms with van der Waals surface area (Å²) in [5, 5.41) is 11.9. The molecule has 0 aliphatic heterocycles. The maximum Gasteiger partial charge on any atom is 0.407 e. The summed E-state index contributed by atoms with van der Waals surface area (Å²) in [6, 6.07) is 16.5. The van der Waals surface area contributed by atoms with Gasteiger partial charge in [-0.2, -0.15) is 0 Å². The third-order valence-electron chi connectivity index (χ3n) is 7.02. The van der Waals surface area contributed by atoms with Crippen LogP contribution in [0.4, 0.5) is 4.79 Å². The predicted octanol–water partition coefficient (Wildman–Crippen LogP) is 4.43. The number of nitrogens with one attached hydrogen (secondary N) is 1. The van der Waals surface area contributed by atoms with Gasteiger partial charge in [-0.3, -0.25) is 9.59 Å². The third kappa shape index (κ3) is 5.91. The van der Waals surface area contributed by atoms with Gasteiger partial charge >= 0.3 is 12.1 Å². The molecular formula is C28H32N2O5. The van der Waals surface area contributed by atoms with E-state index >= 15 is 0 Å². The van der Waals surface area contributed by atoms with Crippen LogP contribution in [0.2, 0.25) is 0 Å². The SMILES string of the molecule is C=CCN(CC(=O)O)C(=O)CC1CCC(CNC(=O)OCC2c3ccccc3-c3ccccc32)C1. The van der Waals surface area contributed by atoms with Crippen molar-refractivity contribution in [3.05, 3.63) is 72.3 Å². The predicted molar refractivity (Wildman–Crippen MR) is 133 cm³/mol. The van der Waals surface area contributed by atoms with Crippen molar-refractivity contribution in [2.24, 2.45) is 11.8 Å². The monoisotopic (exact) mass is 476 g/mol. The largest absolute Gasteiger partial charge is 0.480 e. The van der Waals surface area contributed by atoms with E-state index in [1.807, 2.05) is 24.3 Å². The van der Waals surface area contributed by atoms with E-state index in [-0.39, 0.29) is 43.4 Å². The Morgan fingerprint density at radius 2 is 1.66 bits per heavy atom. The molecule has 184 valence electrons. The summed E-state index contributed by atoms with van der Waals surface area (Å²) in [6.45, 7) is 4.30. The molecule has 2 aromatic rings. The van der Waals surface area contributed by atoms with Gasteiger partial charge in [0.1, 0.15) is 13.2 Å². The fraction of sp³-hybridized carbons (Fsp3) is 0.393. The molecule has 0 spiro atoms. The maximum absolute atomic E-state index is 12.5. The lowest BCUT2D eigenvalue weighted by molar-refractivity contribution is -0.144. The minimum Gasteiger partial charge on any atom is -0.480 e. The first-order valence-corrected chi connectivity index (χ1v) is 12.2. The Balaban J connectivity index is 1.23. The molecule has 1 fully saturated rings. The maximum atomic E-state index is 12.5. The van der Waals surface area contributed by atoms with E-state index in [1.165, 1.54) is 33.2 Å². The summed E-state index contributed by atoms with van der Waals surface area (Å²) in [6.07, 6.45) is 4.06. The standard InChI is InChI=1S/C28H32N2O5/c1-2-13-30(17-27(32)33)26(31)15-19-11-12-20(14-19)16-29-28(34)35-18-25-23-9-5-3-7-21(23)22-8-4-6-10-24(22)25/h2-10,19-20,25H,1,11-18H2,(H,29,34)(H,32,33). The Morgan fingerprint density at radius 3 is 2.29 bits per heavy atom. The van der Waals surface area contributed by atoms with E-state index in [4.69, 9.17) is 9.84 Å². The Morgan fingerprint density at radius 1 is 1.03 bits per heavy atom. The van der Waals surface area contributed by atoms with Crippen LogP contribution in [0.25, 0.3) is 11.1 Å². The lowest BCUT2D eigenvalue weighted by Crippen LogP contribution is -2.36. The fourth-order valence-electron chi connectivity index (χ4n) is 5.38. The lowest BCUT2D eigenvalue weighted by atomic mass is 9.98. The van der Waals surface area contributed by atoms with Crippen molar-refractivity contribution in [3.8, 4) is 11.1 Å². The van der Waals surface area contributed by atoms with Crippen molar-refractivity contribution in [1.82, 2.24) is 10.2 Å². The number of aliphatic carboxylic acids is 1. The number of benzene rings is 2. The zero-order chi connectivity index (χ0) is 24.8. The van der Waals surface area contributed by atoms with Crippen molar-refractivity contribution in [3.63, 3.8) is 0 Å². The first-order valence-electron chi connectivity index (χ1n) is 12.2. The Labute approximate surface area is 205 Å². The first-order chi connectivity index (χ1) is 17.0. The average Bonchev–Trinajstić information content (AvgIpc) is 3.43. The van der Waals surface area contributed by atoms with Crippen molar-refractivity contribution in [2.75, 3.05) is 26.2 Å². The van der Waals surface area contributed by atoms with E-state index in [9.17, 15) is 14.4 Å². The van der Waals surface area contributed by atoms with Crippen LogP contribution in [0.1, 0.15) is 42.7 Å². The Hall–Kier alpha value is -3.61. The molecule has 2 aliphatic rings. The summed E-state index contributed by atoms with van der Waals surface area (Å²) in [7, 11) is 0. The van der Waals surface area contributed by atoms with Gasteiger partial charge in [-0.05, 0) is 53.4 Å². The molecule has 2 amide bonds. The summed E-state index contributed by atoms with van der Waals surface area (Å²) < 4.78 is 5.61. The molecule has 1 saturated carbocycles. The second kappa shape index (κ2) is 11.2. The number of ether oxygens (including phenoxy) is 1. The number of hydrogen-bond donors (Lipinski definition) is 2. The molecule has 0 aromatic heterocycles. The van der Waals surface area contributed by atoms with Gasteiger partial charge in [-0.15, -0.1) is 6.58 Å². The average molecular weight is 477 g/mol. The number of amides is 2. The second-order valence-electron chi connectivity index (χ2n) is 9.41. The van der Waals surface area contributed by atoms with Gasteiger partial charge in [-0.25, -0.2) is 4.79 Å². The van der Waals surface area contributed by atoms with Crippen LogP contribution in [-0.2, 0) is 14.3 Å². The van der Waals surface area contributed by atoms with Crippen molar-refractivity contribution >= 4 is 18.0 Å². The number of carboxylic acids is 1. The number of alkyl carbamates (subject to hydrolysis) is 1. The number of rotatable bonds is 10. The highest BCUT2D eigenvalue weighted by Gasteiger charge is 2.30. The normalized spacial score (nSPS) is 18.4. The molecule has 2 aliphatic carbocycles. The number of nitrogens with zero attached hydrogens (tertiary/aromatic N) is 1. The van der Waals surface area contributed by atoms with E-state index in [0.717, 1.165) is 19.3 Å². The molecule has 0 heterocycles. The van der Waals surface area contributed by atoms with E-state index in [2.05, 4.69) is 36.2 Å². The zero-order valence-corrected chi connectivity index (χ0v) is 19.8. The molecule has 2 aromatic carbocycles. The minimum atomic E-state index is -1.03. The highest BCUT2D eigenvalue weighted by molar-refractivity contribution is 5.81. The minimum absolute atomic E-state index is 0.0272. The van der Waals surface area contributed by atoms with Crippen LogP contribution in [-0.4, -0.2) is 54.2 Å². The van der Waals surface area contributed by atoms with Crippen LogP contribution in [0.3, 0.4) is 0 Å². The van der Waals surface area contributed by atoms with Gasteiger partial charge in [0.15, 0.2) is 0 Å². The highest BCUT2D eigenvalue weighted by Crippen LogP contribution is 2.44. The van der Waals surface area contributed by atoms with Crippen molar-refractivity contribution in [1.29, 1.82) is 0 Å². The topological polar surface area (TPSA) is 95.9 Å². The summed E-state index contributed by atoms with van der Waals surface area (Å²) >= 11 is 0. The molecule has 7 nitrogen and oxygen atoms in total. The smallest absolute Gasteiger partial charge is 0.407 e. The van der Waals surface area contributed by atoms with Gasteiger partial charge in [-0.1, -0.05) is 54.6 Å². The molecule has 0 saturated heterocycles. The highest BCUT2D eigenvalue weighted by atomic mass is 16.5. The van der Waals surface area contributed by atoms with Gasteiger partial charge in [0.05, 0.1) is 0 Å². The molecule has 2 N–H and O–H groups in total. The van der Waals surface area contributed by atoms with Crippen LogP contribution in [0, 0.1) is 11.8 Å². The number of fused-ring (bicyclic) bond motifs is 3. The summed E-state index contributed by atoms with van der Waals surface area (Å²) in [4.78, 5) is 37.3. The van der Waals surface area contributed by atoms with Crippen molar-refractivity contribution in [2.45, 2.75) is 31.6 Å². The Bertz CT molecular complexity index is 1050. The van der Waals surface area contributed by atoms with Crippen LogP contribution >= 0.6 is 0 Å². The van der Waals surface area contributed by atoms with Crippen LogP contribution in [0.5, 0.6) is 0 Å². The van der Waals surface area contributed by atoms with Crippen LogP contribution < -0.4 is 5.32 Å². The molecule has 35 heavy (non-hydrogen) atoms. The molecule has 7 heteroatoms. The van der Waals surface area contributed by atoms with Gasteiger partial charge in [0.2, 0.25) is 5.91 Å². The number of hydrogen-bond acceptors (Lipinski definition) is 4. The van der Waals surface area contributed by atoms with E-state index < -0.39 is 12.1 Å². The molecule has 0 radical (unpaired) electrons. The molecule has 4 rings (SSSR count). The van der Waals surface area contributed by atoms with Crippen LogP contribution in [0.15, 0.2) is 61.2 Å². The number of carbonyl (C=O) groups excluding carboxylic acids is 2. The molecular weight excluding hydrogens is 444 g/mol. The Kier molecular flexibility index (Phi) is 7.85. The van der Waals surface area contributed by atoms with Gasteiger partial charge in [0.25, 0.3) is 0 Å². The fourth-order valence-corrected chi connectivity index (χ4v) is 5.38. The molecule has 0 bridgehead atoms.